The molecule has 1 N–H and O–H groups in total. The van der Waals surface area contributed by atoms with Gasteiger partial charge in [0, 0.05) is 43.5 Å². The summed E-state index contributed by atoms with van der Waals surface area (Å²) < 4.78 is 10.5. The maximum Gasteiger partial charge on any atom is 0.273 e. The quantitative estimate of drug-likeness (QED) is 0.337. The van der Waals surface area contributed by atoms with Crippen molar-refractivity contribution in [2.75, 3.05) is 27.4 Å². The monoisotopic (exact) mass is 422 g/mol. The van der Waals surface area contributed by atoms with E-state index < -0.39 is 11.0 Å². The Morgan fingerprint density at radius 3 is 2.74 bits per heavy atom. The van der Waals surface area contributed by atoms with Crippen molar-refractivity contribution in [2.24, 2.45) is 0 Å². The van der Waals surface area contributed by atoms with Crippen molar-refractivity contribution in [3.63, 3.8) is 0 Å². The molecule has 0 bridgehead atoms. The summed E-state index contributed by atoms with van der Waals surface area (Å²) in [5.74, 6) is 0.478. The number of H-pyrrole nitrogens is 1. The predicted octanol–water partition coefficient (Wildman–Crippen LogP) is 3.58. The molecule has 0 radical (unpaired) electrons. The number of rotatable bonds is 8. The first-order valence-electron chi connectivity index (χ1n) is 9.82. The molecule has 1 aliphatic rings. The van der Waals surface area contributed by atoms with E-state index in [9.17, 15) is 14.9 Å². The number of amides is 1. The van der Waals surface area contributed by atoms with Gasteiger partial charge in [0.05, 0.1) is 23.8 Å². The lowest BCUT2D eigenvalue weighted by atomic mass is 9.95. The van der Waals surface area contributed by atoms with Crippen LogP contribution in [0.3, 0.4) is 0 Å². The van der Waals surface area contributed by atoms with E-state index in [1.807, 2.05) is 24.3 Å². The molecule has 1 amide bonds. The number of nitro benzene ring substituents is 1. The third kappa shape index (κ3) is 3.75. The number of hydrogen-bond donors (Lipinski definition) is 1. The number of aromatic amines is 1. The van der Waals surface area contributed by atoms with Crippen molar-refractivity contribution >= 4 is 11.6 Å². The van der Waals surface area contributed by atoms with Crippen LogP contribution in [0.15, 0.2) is 48.5 Å². The Morgan fingerprint density at radius 2 is 2.00 bits per heavy atom. The number of carbonyl (C=O) groups excluding carboxylic acids is 1. The zero-order chi connectivity index (χ0) is 22.0. The summed E-state index contributed by atoms with van der Waals surface area (Å²) in [5, 5.41) is 18.6. The Balaban J connectivity index is 1.84. The minimum Gasteiger partial charge on any atom is -0.497 e. The van der Waals surface area contributed by atoms with Gasteiger partial charge in [-0.2, -0.15) is 5.10 Å². The number of nitrogens with one attached hydrogen (secondary N) is 1. The molecular formula is C22H22N4O5. The highest BCUT2D eigenvalue weighted by molar-refractivity contribution is 6.00. The molecule has 1 aromatic heterocycles. The summed E-state index contributed by atoms with van der Waals surface area (Å²) in [5.41, 5.74) is 3.14. The van der Waals surface area contributed by atoms with Crippen LogP contribution in [-0.2, 0) is 4.74 Å². The van der Waals surface area contributed by atoms with Gasteiger partial charge in [-0.1, -0.05) is 24.3 Å². The standard InChI is InChI=1S/C22H22N4O5/c1-30-11-5-10-25-21(15-7-3-8-16(12-15)26(28)29)18-19(23-24-20(18)22(25)27)14-6-4-9-17(13-14)31-2/h3-4,6-9,12-13,21H,5,10-11H2,1-2H3,(H,23,24). The van der Waals surface area contributed by atoms with Crippen molar-refractivity contribution < 1.29 is 19.2 Å². The van der Waals surface area contributed by atoms with E-state index in [2.05, 4.69) is 10.2 Å². The van der Waals surface area contributed by atoms with E-state index in [0.717, 1.165) is 5.56 Å². The van der Waals surface area contributed by atoms with E-state index >= 15 is 0 Å². The van der Waals surface area contributed by atoms with Crippen molar-refractivity contribution in [1.82, 2.24) is 15.1 Å². The van der Waals surface area contributed by atoms with Crippen LogP contribution in [0, 0.1) is 10.1 Å². The summed E-state index contributed by atoms with van der Waals surface area (Å²) in [6.07, 6.45) is 0.639. The maximum atomic E-state index is 13.2. The Labute approximate surface area is 178 Å². The largest absolute Gasteiger partial charge is 0.497 e. The van der Waals surface area contributed by atoms with Gasteiger partial charge in [-0.25, -0.2) is 0 Å². The zero-order valence-corrected chi connectivity index (χ0v) is 17.2. The minimum atomic E-state index is -0.501. The molecule has 31 heavy (non-hydrogen) atoms. The van der Waals surface area contributed by atoms with Gasteiger partial charge < -0.3 is 14.4 Å². The number of aromatic nitrogens is 2. The molecule has 2 heterocycles. The predicted molar refractivity (Wildman–Crippen MR) is 113 cm³/mol. The molecule has 0 spiro atoms. The van der Waals surface area contributed by atoms with Crippen LogP contribution in [0.2, 0.25) is 0 Å². The molecule has 0 aliphatic carbocycles. The van der Waals surface area contributed by atoms with E-state index in [1.54, 1.807) is 31.3 Å². The molecule has 2 aromatic carbocycles. The second-order valence-corrected chi connectivity index (χ2v) is 7.19. The first kappa shape index (κ1) is 20.5. The average Bonchev–Trinajstić information content (AvgIpc) is 3.33. The van der Waals surface area contributed by atoms with Crippen LogP contribution >= 0.6 is 0 Å². The molecule has 3 aromatic rings. The number of nitro groups is 1. The van der Waals surface area contributed by atoms with E-state index in [4.69, 9.17) is 9.47 Å². The molecule has 0 saturated heterocycles. The number of hydrogen-bond acceptors (Lipinski definition) is 6. The molecule has 160 valence electrons. The molecule has 0 fully saturated rings. The number of carbonyl (C=O) groups is 1. The number of non-ortho nitro benzene ring substituents is 1. The number of methoxy groups -OCH3 is 2. The van der Waals surface area contributed by atoms with Gasteiger partial charge in [0.2, 0.25) is 0 Å². The maximum absolute atomic E-state index is 13.2. The fourth-order valence-corrected chi connectivity index (χ4v) is 3.95. The second-order valence-electron chi connectivity index (χ2n) is 7.19. The Hall–Kier alpha value is -3.72. The van der Waals surface area contributed by atoms with Crippen molar-refractivity contribution in [1.29, 1.82) is 0 Å². The van der Waals surface area contributed by atoms with Gasteiger partial charge in [0.25, 0.3) is 11.6 Å². The van der Waals surface area contributed by atoms with Gasteiger partial charge >= 0.3 is 0 Å². The lowest BCUT2D eigenvalue weighted by Gasteiger charge is -2.26. The van der Waals surface area contributed by atoms with Crippen molar-refractivity contribution in [3.8, 4) is 17.0 Å². The molecule has 4 rings (SSSR count). The molecule has 9 nitrogen and oxygen atoms in total. The molecule has 1 unspecified atom stereocenters. The van der Waals surface area contributed by atoms with Crippen LogP contribution < -0.4 is 4.74 Å². The van der Waals surface area contributed by atoms with Crippen LogP contribution in [0.1, 0.15) is 34.1 Å². The van der Waals surface area contributed by atoms with Gasteiger partial charge in [0.1, 0.15) is 11.4 Å². The van der Waals surface area contributed by atoms with Crippen LogP contribution in [-0.4, -0.2) is 53.3 Å². The summed E-state index contributed by atoms with van der Waals surface area (Å²) in [6, 6.07) is 13.3. The average molecular weight is 422 g/mol. The van der Waals surface area contributed by atoms with Crippen molar-refractivity contribution in [3.05, 3.63) is 75.5 Å². The third-order valence-corrected chi connectivity index (χ3v) is 5.35. The van der Waals surface area contributed by atoms with Crippen LogP contribution in [0.4, 0.5) is 5.69 Å². The first-order valence-corrected chi connectivity index (χ1v) is 9.82. The fraction of sp³-hybridized carbons (Fsp3) is 0.273. The fourth-order valence-electron chi connectivity index (χ4n) is 3.95. The Morgan fingerprint density at radius 1 is 1.19 bits per heavy atom. The lowest BCUT2D eigenvalue weighted by molar-refractivity contribution is -0.384. The van der Waals surface area contributed by atoms with Crippen molar-refractivity contribution in [2.45, 2.75) is 12.5 Å². The molecule has 1 atom stereocenters. The van der Waals surface area contributed by atoms with Crippen LogP contribution in [0.25, 0.3) is 11.3 Å². The smallest absolute Gasteiger partial charge is 0.273 e. The summed E-state index contributed by atoms with van der Waals surface area (Å²) in [7, 11) is 3.19. The highest BCUT2D eigenvalue weighted by Gasteiger charge is 2.42. The summed E-state index contributed by atoms with van der Waals surface area (Å²) in [4.78, 5) is 25.8. The number of nitrogens with zero attached hydrogens (tertiary/aromatic N) is 3. The Kier molecular flexibility index (Phi) is 5.68. The molecular weight excluding hydrogens is 400 g/mol. The van der Waals surface area contributed by atoms with Gasteiger partial charge in [0.15, 0.2) is 0 Å². The number of benzene rings is 2. The number of ether oxygens (including phenoxy) is 2. The Bertz CT molecular complexity index is 1130. The number of fused-ring (bicyclic) bond motifs is 1. The second kappa shape index (κ2) is 8.57. The van der Waals surface area contributed by atoms with Crippen LogP contribution in [0.5, 0.6) is 5.75 Å². The SMILES string of the molecule is COCCCN1C(=O)c2[nH]nc(-c3cccc(OC)c3)c2C1c1cccc([N+](=O)[O-])c1. The first-order chi connectivity index (χ1) is 15.0. The normalized spacial score (nSPS) is 15.2. The van der Waals surface area contributed by atoms with Gasteiger partial charge in [-0.15, -0.1) is 0 Å². The van der Waals surface area contributed by atoms with Gasteiger partial charge in [-0.3, -0.25) is 20.0 Å². The minimum absolute atomic E-state index is 0.0262. The third-order valence-electron chi connectivity index (χ3n) is 5.35. The topological polar surface area (TPSA) is 111 Å². The van der Waals surface area contributed by atoms with E-state index in [0.29, 0.717) is 47.8 Å². The van der Waals surface area contributed by atoms with Gasteiger partial charge in [-0.05, 0) is 24.1 Å². The molecule has 1 aliphatic heterocycles. The summed E-state index contributed by atoms with van der Waals surface area (Å²) in [6.45, 7) is 0.945. The molecule has 9 heteroatoms. The highest BCUT2D eigenvalue weighted by Crippen LogP contribution is 2.43. The van der Waals surface area contributed by atoms with E-state index in [-0.39, 0.29) is 11.6 Å². The lowest BCUT2D eigenvalue weighted by Crippen LogP contribution is -2.31. The zero-order valence-electron chi connectivity index (χ0n) is 17.2. The summed E-state index contributed by atoms with van der Waals surface area (Å²) >= 11 is 0. The van der Waals surface area contributed by atoms with E-state index in [1.165, 1.54) is 12.1 Å². The molecule has 0 saturated carbocycles. The highest BCUT2D eigenvalue weighted by atomic mass is 16.6.